The van der Waals surface area contributed by atoms with Crippen molar-refractivity contribution in [2.45, 2.75) is 51.7 Å². The number of aliphatic hydroxyl groups excluding tert-OH is 1. The second-order valence-corrected chi connectivity index (χ2v) is 10.8. The number of piperidine rings is 1. The van der Waals surface area contributed by atoms with Gasteiger partial charge in [0, 0.05) is 44.0 Å². The van der Waals surface area contributed by atoms with Crippen molar-refractivity contribution in [2.24, 2.45) is 0 Å². The van der Waals surface area contributed by atoms with E-state index in [1.165, 1.54) is 25.4 Å². The maximum Gasteiger partial charge on any atom is 0.410 e. The Kier molecular flexibility index (Phi) is 9.01. The molecule has 4 rings (SSSR count). The highest BCUT2D eigenvalue weighted by molar-refractivity contribution is 5.83. The molecular weight excluding hydrogens is 538 g/mol. The van der Waals surface area contributed by atoms with Crippen LogP contribution in [0.1, 0.15) is 46.1 Å². The first-order valence-electron chi connectivity index (χ1n) is 13.5. The molecule has 2 aromatic carbocycles. The number of aliphatic hydroxyl groups is 1. The number of fused-ring (bicyclic) bond motifs is 1. The van der Waals surface area contributed by atoms with E-state index >= 15 is 8.78 Å². The lowest BCUT2D eigenvalue weighted by Crippen LogP contribution is -2.43. The summed E-state index contributed by atoms with van der Waals surface area (Å²) in [7, 11) is 2.53. The Hall–Kier alpha value is -3.93. The minimum Gasteiger partial charge on any atom is -0.493 e. The number of carbonyl (C=O) groups excluding carboxylic acids is 1. The summed E-state index contributed by atoms with van der Waals surface area (Å²) in [6.07, 6.45) is 2.38. The quantitative estimate of drug-likeness (QED) is 0.410. The zero-order valence-electron chi connectivity index (χ0n) is 23.9. The van der Waals surface area contributed by atoms with Crippen molar-refractivity contribution in [3.63, 3.8) is 0 Å². The molecule has 0 atom stereocenters. The lowest BCUT2D eigenvalue weighted by atomic mass is 10.0. The zero-order valence-corrected chi connectivity index (χ0v) is 23.9. The zero-order chi connectivity index (χ0) is 29.9. The Morgan fingerprint density at radius 2 is 1.73 bits per heavy atom. The van der Waals surface area contributed by atoms with Gasteiger partial charge in [0.1, 0.15) is 11.3 Å². The minimum atomic E-state index is -0.941. The number of anilines is 2. The van der Waals surface area contributed by atoms with E-state index < -0.39 is 22.9 Å². The molecule has 1 aliphatic heterocycles. The van der Waals surface area contributed by atoms with E-state index in [0.717, 1.165) is 6.07 Å². The van der Waals surface area contributed by atoms with Crippen LogP contribution in [0.3, 0.4) is 0 Å². The largest absolute Gasteiger partial charge is 0.493 e. The van der Waals surface area contributed by atoms with Gasteiger partial charge in [-0.15, -0.1) is 0 Å². The molecule has 1 aromatic heterocycles. The summed E-state index contributed by atoms with van der Waals surface area (Å²) in [5.74, 6) is -2.31. The van der Waals surface area contributed by atoms with Crippen LogP contribution in [0.15, 0.2) is 35.4 Å². The molecule has 1 aliphatic rings. The SMILES string of the molecule is COc1cc(OC)c(F)c(N(CCCO)c2ccc3ncn(C4CCN(C(=O)OC(C)(C)C)CC4)c(=O)c3c2)c1F. The van der Waals surface area contributed by atoms with Crippen LogP contribution in [-0.4, -0.2) is 71.7 Å². The van der Waals surface area contributed by atoms with E-state index in [9.17, 15) is 14.7 Å². The lowest BCUT2D eigenvalue weighted by molar-refractivity contribution is 0.0187. The van der Waals surface area contributed by atoms with Crippen molar-refractivity contribution in [1.29, 1.82) is 0 Å². The van der Waals surface area contributed by atoms with Crippen molar-refractivity contribution in [1.82, 2.24) is 14.5 Å². The predicted molar refractivity (Wildman–Crippen MR) is 150 cm³/mol. The molecule has 10 nitrogen and oxygen atoms in total. The van der Waals surface area contributed by atoms with Gasteiger partial charge in [0.25, 0.3) is 5.56 Å². The number of ether oxygens (including phenoxy) is 3. The monoisotopic (exact) mass is 574 g/mol. The highest BCUT2D eigenvalue weighted by Crippen LogP contribution is 2.40. The van der Waals surface area contributed by atoms with Crippen molar-refractivity contribution >= 4 is 28.4 Å². The van der Waals surface area contributed by atoms with Crippen LogP contribution in [0, 0.1) is 11.6 Å². The van der Waals surface area contributed by atoms with Crippen molar-refractivity contribution in [2.75, 3.05) is 45.4 Å². The molecule has 0 saturated carbocycles. The van der Waals surface area contributed by atoms with Crippen LogP contribution in [0.5, 0.6) is 11.5 Å². The number of hydrogen-bond acceptors (Lipinski definition) is 8. The third kappa shape index (κ3) is 6.37. The maximum absolute atomic E-state index is 15.5. The standard InChI is InChI=1S/C29H36F2N4O6/c1-29(2,3)41-28(38)33-12-9-18(10-13-33)35-17-32-21-8-7-19(15-20(21)27(35)37)34(11-6-14-36)26-24(30)22(39-4)16-23(40-5)25(26)31/h7-8,15-18,36H,6,9-14H2,1-5H3. The number of rotatable bonds is 8. The van der Waals surface area contributed by atoms with Crippen molar-refractivity contribution in [3.05, 3.63) is 52.6 Å². The van der Waals surface area contributed by atoms with Crippen LogP contribution < -0.4 is 19.9 Å². The number of halogens is 2. The number of methoxy groups -OCH3 is 2. The number of carbonyl (C=O) groups is 1. The van der Waals surface area contributed by atoms with Crippen LogP contribution in [-0.2, 0) is 4.74 Å². The van der Waals surface area contributed by atoms with Gasteiger partial charge in [-0.25, -0.2) is 18.6 Å². The fraction of sp³-hybridized carbons (Fsp3) is 0.483. The molecule has 3 aromatic rings. The molecule has 2 heterocycles. The average molecular weight is 575 g/mol. The number of aromatic nitrogens is 2. The fourth-order valence-electron chi connectivity index (χ4n) is 4.91. The van der Waals surface area contributed by atoms with Gasteiger partial charge in [-0.2, -0.15) is 0 Å². The van der Waals surface area contributed by atoms with E-state index in [4.69, 9.17) is 14.2 Å². The molecule has 0 unspecified atom stereocenters. The number of nitrogens with zero attached hydrogens (tertiary/aromatic N) is 4. The second-order valence-electron chi connectivity index (χ2n) is 10.8. The molecule has 1 amide bonds. The van der Waals surface area contributed by atoms with Crippen LogP contribution >= 0.6 is 0 Å². The highest BCUT2D eigenvalue weighted by atomic mass is 19.1. The summed E-state index contributed by atoms with van der Waals surface area (Å²) in [6, 6.07) is 5.69. The van der Waals surface area contributed by atoms with Crippen LogP contribution in [0.2, 0.25) is 0 Å². The van der Waals surface area contributed by atoms with Gasteiger partial charge < -0.3 is 29.1 Å². The van der Waals surface area contributed by atoms with Gasteiger partial charge in [0.15, 0.2) is 23.1 Å². The third-order valence-electron chi connectivity index (χ3n) is 6.95. The van der Waals surface area contributed by atoms with Gasteiger partial charge in [-0.1, -0.05) is 0 Å². The topological polar surface area (TPSA) is 106 Å². The molecule has 0 radical (unpaired) electrons. The van der Waals surface area contributed by atoms with E-state index in [1.807, 2.05) is 20.8 Å². The number of amides is 1. The van der Waals surface area contributed by atoms with Gasteiger partial charge in [0.2, 0.25) is 0 Å². The first-order valence-corrected chi connectivity index (χ1v) is 13.5. The first-order chi connectivity index (χ1) is 19.5. The molecule has 12 heteroatoms. The Bertz CT molecular complexity index is 1440. The van der Waals surface area contributed by atoms with Gasteiger partial charge in [0.05, 0.1) is 31.4 Å². The van der Waals surface area contributed by atoms with Crippen LogP contribution in [0.4, 0.5) is 25.0 Å². The maximum atomic E-state index is 15.5. The van der Waals surface area contributed by atoms with Gasteiger partial charge >= 0.3 is 6.09 Å². The molecular formula is C29H36F2N4O6. The summed E-state index contributed by atoms with van der Waals surface area (Å²) >= 11 is 0. The summed E-state index contributed by atoms with van der Waals surface area (Å²) in [4.78, 5) is 33.5. The Balaban J connectivity index is 1.70. The highest BCUT2D eigenvalue weighted by Gasteiger charge is 2.29. The summed E-state index contributed by atoms with van der Waals surface area (Å²) in [5, 5.41) is 9.76. The fourth-order valence-corrected chi connectivity index (χ4v) is 4.91. The van der Waals surface area contributed by atoms with Gasteiger partial charge in [-0.3, -0.25) is 9.36 Å². The molecule has 0 aliphatic carbocycles. The molecule has 0 bridgehead atoms. The second kappa shape index (κ2) is 12.3. The molecule has 1 fully saturated rings. The smallest absolute Gasteiger partial charge is 0.410 e. The van der Waals surface area contributed by atoms with E-state index in [2.05, 4.69) is 4.98 Å². The molecule has 41 heavy (non-hydrogen) atoms. The number of likely N-dealkylation sites (tertiary alicyclic amines) is 1. The minimum absolute atomic E-state index is 0.0454. The van der Waals surface area contributed by atoms with Crippen molar-refractivity contribution < 1.29 is 32.9 Å². The normalized spacial score (nSPS) is 14.3. The Labute approximate surface area is 237 Å². The Morgan fingerprint density at radius 3 is 2.29 bits per heavy atom. The van der Waals surface area contributed by atoms with Crippen molar-refractivity contribution in [3.8, 4) is 11.5 Å². The first kappa shape index (κ1) is 30.0. The summed E-state index contributed by atoms with van der Waals surface area (Å²) in [6.45, 7) is 6.11. The summed E-state index contributed by atoms with van der Waals surface area (Å²) in [5.41, 5.74) is -0.577. The molecule has 0 spiro atoms. The Morgan fingerprint density at radius 1 is 1.10 bits per heavy atom. The van der Waals surface area contributed by atoms with Crippen LogP contribution in [0.25, 0.3) is 10.9 Å². The van der Waals surface area contributed by atoms with E-state index in [-0.39, 0.29) is 54.2 Å². The van der Waals surface area contributed by atoms with E-state index in [0.29, 0.717) is 37.1 Å². The predicted octanol–water partition coefficient (Wildman–Crippen LogP) is 4.78. The average Bonchev–Trinajstić information content (AvgIpc) is 2.94. The van der Waals surface area contributed by atoms with E-state index in [1.54, 1.807) is 27.7 Å². The van der Waals surface area contributed by atoms with Gasteiger partial charge in [-0.05, 0) is 58.2 Å². The molecule has 1 N–H and O–H groups in total. The number of hydrogen-bond donors (Lipinski definition) is 1. The summed E-state index contributed by atoms with van der Waals surface area (Å²) < 4.78 is 48.1. The molecule has 222 valence electrons. The molecule has 1 saturated heterocycles. The third-order valence-corrected chi connectivity index (χ3v) is 6.95. The number of benzene rings is 2. The lowest BCUT2D eigenvalue weighted by Gasteiger charge is -2.34.